The molecule has 14 heavy (non-hydrogen) atoms. The SMILES string of the molecule is CC(C)C1NC(C(C)C)C(C(C)C)S1. The van der Waals surface area contributed by atoms with Crippen molar-refractivity contribution in [2.24, 2.45) is 17.8 Å². The van der Waals surface area contributed by atoms with E-state index in [0.29, 0.717) is 11.4 Å². The highest BCUT2D eigenvalue weighted by Gasteiger charge is 2.38. The summed E-state index contributed by atoms with van der Waals surface area (Å²) in [5.41, 5.74) is 0. The number of nitrogens with one attached hydrogen (secondary N) is 1. The summed E-state index contributed by atoms with van der Waals surface area (Å²) < 4.78 is 0. The van der Waals surface area contributed by atoms with Gasteiger partial charge in [0.05, 0.1) is 5.37 Å². The highest BCUT2D eigenvalue weighted by Crippen LogP contribution is 2.38. The second-order valence-electron chi connectivity index (χ2n) is 5.45. The Morgan fingerprint density at radius 3 is 1.71 bits per heavy atom. The summed E-state index contributed by atoms with van der Waals surface area (Å²) in [4.78, 5) is 0. The lowest BCUT2D eigenvalue weighted by molar-refractivity contribution is 0.349. The smallest absolute Gasteiger partial charge is 0.0561 e. The van der Waals surface area contributed by atoms with Crippen LogP contribution in [0.5, 0.6) is 0 Å². The Hall–Kier alpha value is 0.310. The van der Waals surface area contributed by atoms with Crippen LogP contribution in [0.15, 0.2) is 0 Å². The van der Waals surface area contributed by atoms with Crippen LogP contribution in [0.3, 0.4) is 0 Å². The van der Waals surface area contributed by atoms with E-state index < -0.39 is 0 Å². The fourth-order valence-corrected chi connectivity index (χ4v) is 3.84. The van der Waals surface area contributed by atoms with E-state index in [1.807, 2.05) is 0 Å². The van der Waals surface area contributed by atoms with Crippen molar-refractivity contribution in [3.05, 3.63) is 0 Å². The molecule has 0 aromatic rings. The predicted octanol–water partition coefficient (Wildman–Crippen LogP) is 3.35. The van der Waals surface area contributed by atoms with Crippen LogP contribution >= 0.6 is 11.8 Å². The molecule has 0 amide bonds. The number of hydrogen-bond donors (Lipinski definition) is 1. The van der Waals surface area contributed by atoms with Crippen molar-refractivity contribution < 1.29 is 0 Å². The highest BCUT2D eigenvalue weighted by molar-refractivity contribution is 8.00. The first-order valence-electron chi connectivity index (χ1n) is 5.85. The van der Waals surface area contributed by atoms with Gasteiger partial charge in [-0.1, -0.05) is 41.5 Å². The molecule has 0 aliphatic carbocycles. The zero-order valence-corrected chi connectivity index (χ0v) is 11.2. The van der Waals surface area contributed by atoms with E-state index in [-0.39, 0.29) is 0 Å². The van der Waals surface area contributed by atoms with Gasteiger partial charge in [-0.25, -0.2) is 0 Å². The van der Waals surface area contributed by atoms with Gasteiger partial charge in [0, 0.05) is 11.3 Å². The van der Waals surface area contributed by atoms with Crippen molar-refractivity contribution in [3.63, 3.8) is 0 Å². The summed E-state index contributed by atoms with van der Waals surface area (Å²) in [7, 11) is 0. The van der Waals surface area contributed by atoms with E-state index in [0.717, 1.165) is 23.0 Å². The Kier molecular flexibility index (Phi) is 4.32. The van der Waals surface area contributed by atoms with Crippen LogP contribution in [0.25, 0.3) is 0 Å². The highest BCUT2D eigenvalue weighted by atomic mass is 32.2. The summed E-state index contributed by atoms with van der Waals surface area (Å²) in [6.07, 6.45) is 0. The van der Waals surface area contributed by atoms with Gasteiger partial charge < -0.3 is 5.32 Å². The van der Waals surface area contributed by atoms with Crippen LogP contribution in [0.1, 0.15) is 41.5 Å². The maximum atomic E-state index is 3.78. The average Bonchev–Trinajstić information content (AvgIpc) is 2.47. The molecule has 1 heterocycles. The van der Waals surface area contributed by atoms with Crippen molar-refractivity contribution in [1.82, 2.24) is 5.32 Å². The minimum atomic E-state index is 0.662. The molecule has 3 unspecified atom stereocenters. The first-order chi connectivity index (χ1) is 6.43. The van der Waals surface area contributed by atoms with Crippen molar-refractivity contribution in [3.8, 4) is 0 Å². The molecule has 3 atom stereocenters. The first-order valence-corrected chi connectivity index (χ1v) is 6.79. The number of thioether (sulfide) groups is 1. The summed E-state index contributed by atoms with van der Waals surface area (Å²) in [6, 6.07) is 0.701. The monoisotopic (exact) mass is 215 g/mol. The standard InChI is InChI=1S/C12H25NS/c1-7(2)10-11(8(3)4)14-12(13-10)9(5)6/h7-13H,1-6H3. The fourth-order valence-electron chi connectivity index (χ4n) is 2.07. The van der Waals surface area contributed by atoms with Gasteiger partial charge in [-0.2, -0.15) is 0 Å². The lowest BCUT2D eigenvalue weighted by Gasteiger charge is -2.24. The van der Waals surface area contributed by atoms with Crippen LogP contribution in [0.4, 0.5) is 0 Å². The van der Waals surface area contributed by atoms with Gasteiger partial charge in [0.1, 0.15) is 0 Å². The molecular weight excluding hydrogens is 190 g/mol. The number of hydrogen-bond acceptors (Lipinski definition) is 2. The third-order valence-electron chi connectivity index (χ3n) is 3.00. The van der Waals surface area contributed by atoms with E-state index in [9.17, 15) is 0 Å². The van der Waals surface area contributed by atoms with Crippen LogP contribution in [-0.2, 0) is 0 Å². The minimum absolute atomic E-state index is 0.662. The van der Waals surface area contributed by atoms with Crippen molar-refractivity contribution in [2.75, 3.05) is 0 Å². The molecule has 1 rings (SSSR count). The third-order valence-corrected chi connectivity index (χ3v) is 5.12. The fraction of sp³-hybridized carbons (Fsp3) is 1.00. The maximum Gasteiger partial charge on any atom is 0.0561 e. The summed E-state index contributed by atoms with van der Waals surface area (Å²) in [5, 5.41) is 5.24. The summed E-state index contributed by atoms with van der Waals surface area (Å²) in [6.45, 7) is 14.0. The van der Waals surface area contributed by atoms with E-state index >= 15 is 0 Å². The molecule has 1 nitrogen and oxygen atoms in total. The van der Waals surface area contributed by atoms with E-state index in [2.05, 4.69) is 58.6 Å². The molecule has 0 aromatic carbocycles. The zero-order valence-electron chi connectivity index (χ0n) is 10.4. The molecule has 1 aliphatic heterocycles. The molecule has 1 fully saturated rings. The average molecular weight is 215 g/mol. The Balaban J connectivity index is 2.65. The van der Waals surface area contributed by atoms with E-state index in [1.165, 1.54) is 0 Å². The van der Waals surface area contributed by atoms with Crippen molar-refractivity contribution in [1.29, 1.82) is 0 Å². The van der Waals surface area contributed by atoms with Gasteiger partial charge >= 0.3 is 0 Å². The van der Waals surface area contributed by atoms with Gasteiger partial charge in [-0.05, 0) is 17.8 Å². The Morgan fingerprint density at radius 2 is 1.43 bits per heavy atom. The maximum absolute atomic E-state index is 3.78. The normalized spacial score (nSPS) is 33.6. The topological polar surface area (TPSA) is 12.0 Å². The Bertz CT molecular complexity index is 161. The van der Waals surface area contributed by atoms with Gasteiger partial charge in [0.2, 0.25) is 0 Å². The minimum Gasteiger partial charge on any atom is -0.301 e. The van der Waals surface area contributed by atoms with Crippen LogP contribution in [0.2, 0.25) is 0 Å². The second-order valence-corrected chi connectivity index (χ2v) is 6.77. The molecular formula is C12H25NS. The van der Waals surface area contributed by atoms with Crippen LogP contribution < -0.4 is 5.32 Å². The van der Waals surface area contributed by atoms with Crippen molar-refractivity contribution in [2.45, 2.75) is 58.2 Å². The molecule has 1 saturated heterocycles. The van der Waals surface area contributed by atoms with Crippen LogP contribution in [-0.4, -0.2) is 16.7 Å². The van der Waals surface area contributed by atoms with E-state index in [4.69, 9.17) is 0 Å². The largest absolute Gasteiger partial charge is 0.301 e. The van der Waals surface area contributed by atoms with Crippen molar-refractivity contribution >= 4 is 11.8 Å². The van der Waals surface area contributed by atoms with E-state index in [1.54, 1.807) is 0 Å². The predicted molar refractivity (Wildman–Crippen MR) is 66.6 cm³/mol. The Morgan fingerprint density at radius 1 is 0.857 bits per heavy atom. The quantitative estimate of drug-likeness (QED) is 0.775. The zero-order chi connectivity index (χ0) is 10.9. The molecule has 84 valence electrons. The number of rotatable bonds is 3. The molecule has 1 N–H and O–H groups in total. The molecule has 2 heteroatoms. The lowest BCUT2D eigenvalue weighted by atomic mass is 9.94. The Labute approximate surface area is 93.4 Å². The molecule has 0 bridgehead atoms. The molecule has 0 aromatic heterocycles. The van der Waals surface area contributed by atoms with Gasteiger partial charge in [0.25, 0.3) is 0 Å². The van der Waals surface area contributed by atoms with Crippen LogP contribution in [0, 0.1) is 17.8 Å². The lowest BCUT2D eigenvalue weighted by Crippen LogP contribution is -2.40. The van der Waals surface area contributed by atoms with Gasteiger partial charge in [-0.15, -0.1) is 11.8 Å². The first kappa shape index (κ1) is 12.4. The summed E-state index contributed by atoms with van der Waals surface area (Å²) in [5.74, 6) is 2.27. The second kappa shape index (κ2) is 4.89. The molecule has 0 saturated carbocycles. The van der Waals surface area contributed by atoms with Gasteiger partial charge in [-0.3, -0.25) is 0 Å². The molecule has 0 radical (unpaired) electrons. The summed E-state index contributed by atoms with van der Waals surface area (Å²) >= 11 is 2.15. The van der Waals surface area contributed by atoms with Gasteiger partial charge in [0.15, 0.2) is 0 Å². The molecule has 1 aliphatic rings. The third kappa shape index (κ3) is 2.66. The molecule has 0 spiro atoms.